The summed E-state index contributed by atoms with van der Waals surface area (Å²) in [6.07, 6.45) is 0.916. The second-order valence-electron chi connectivity index (χ2n) is 7.71. The van der Waals surface area contributed by atoms with Crippen LogP contribution in [0.5, 0.6) is 5.75 Å². The standard InChI is InChI=1S/C26H28FNO4/c27-10-4-5-18-11-19(17-32-25-9-2-1-6-22(25)15-26(30)31)13-23(12-18)20-7-3-8-21(14-20)24(28)16-29/h1-3,6-9,11-14,24,29H,4-5,10,15-17,28H2,(H,30,31). The molecule has 0 radical (unpaired) electrons. The molecule has 0 aliphatic carbocycles. The maximum Gasteiger partial charge on any atom is 0.307 e. The number of aliphatic carboxylic acids is 1. The maximum atomic E-state index is 12.8. The first-order valence-electron chi connectivity index (χ1n) is 10.6. The molecule has 4 N–H and O–H groups in total. The molecule has 168 valence electrons. The first-order chi connectivity index (χ1) is 15.5. The highest BCUT2D eigenvalue weighted by Gasteiger charge is 2.11. The van der Waals surface area contributed by atoms with Crippen LogP contribution < -0.4 is 10.5 Å². The van der Waals surface area contributed by atoms with Crippen LogP contribution in [0.3, 0.4) is 0 Å². The van der Waals surface area contributed by atoms with Crippen molar-refractivity contribution in [1.82, 2.24) is 0 Å². The van der Waals surface area contributed by atoms with Crippen LogP contribution in [0.15, 0.2) is 66.7 Å². The zero-order chi connectivity index (χ0) is 22.9. The van der Waals surface area contributed by atoms with Gasteiger partial charge in [-0.1, -0.05) is 48.5 Å². The molecule has 0 heterocycles. The van der Waals surface area contributed by atoms with Gasteiger partial charge in [-0.05, 0) is 58.9 Å². The van der Waals surface area contributed by atoms with Crippen LogP contribution >= 0.6 is 0 Å². The second kappa shape index (κ2) is 11.4. The van der Waals surface area contributed by atoms with Crippen molar-refractivity contribution >= 4 is 5.97 Å². The van der Waals surface area contributed by atoms with E-state index in [2.05, 4.69) is 0 Å². The van der Waals surface area contributed by atoms with Gasteiger partial charge in [-0.2, -0.15) is 0 Å². The zero-order valence-corrected chi connectivity index (χ0v) is 17.8. The summed E-state index contributed by atoms with van der Waals surface area (Å²) in [4.78, 5) is 11.1. The van der Waals surface area contributed by atoms with Crippen molar-refractivity contribution in [2.24, 2.45) is 5.73 Å². The quantitative estimate of drug-likeness (QED) is 0.412. The number of aliphatic hydroxyl groups is 1. The third kappa shape index (κ3) is 6.39. The average molecular weight is 438 g/mol. The van der Waals surface area contributed by atoms with E-state index in [1.807, 2.05) is 42.5 Å². The molecule has 0 fully saturated rings. The van der Waals surface area contributed by atoms with Gasteiger partial charge in [0.05, 0.1) is 25.7 Å². The lowest BCUT2D eigenvalue weighted by Gasteiger charge is -2.14. The van der Waals surface area contributed by atoms with Crippen molar-refractivity contribution in [3.05, 3.63) is 89.0 Å². The fourth-order valence-corrected chi connectivity index (χ4v) is 3.60. The Morgan fingerprint density at radius 3 is 2.53 bits per heavy atom. The summed E-state index contributed by atoms with van der Waals surface area (Å²) in [5.41, 5.74) is 11.2. The summed E-state index contributed by atoms with van der Waals surface area (Å²) in [6, 6.07) is 20.3. The van der Waals surface area contributed by atoms with Gasteiger partial charge in [-0.3, -0.25) is 9.18 Å². The van der Waals surface area contributed by atoms with Gasteiger partial charge in [0.1, 0.15) is 12.4 Å². The van der Waals surface area contributed by atoms with Crippen LogP contribution in [0.1, 0.15) is 34.7 Å². The van der Waals surface area contributed by atoms with Gasteiger partial charge in [0.25, 0.3) is 0 Å². The van der Waals surface area contributed by atoms with E-state index in [4.69, 9.17) is 15.6 Å². The van der Waals surface area contributed by atoms with E-state index in [0.29, 0.717) is 24.2 Å². The molecule has 0 aliphatic heterocycles. The van der Waals surface area contributed by atoms with Crippen LogP contribution in [-0.2, 0) is 24.2 Å². The van der Waals surface area contributed by atoms with Gasteiger partial charge in [-0.15, -0.1) is 0 Å². The third-order valence-corrected chi connectivity index (χ3v) is 5.21. The lowest BCUT2D eigenvalue weighted by molar-refractivity contribution is -0.136. The van der Waals surface area contributed by atoms with E-state index in [1.165, 1.54) is 0 Å². The lowest BCUT2D eigenvalue weighted by atomic mass is 9.95. The molecule has 32 heavy (non-hydrogen) atoms. The molecule has 3 rings (SSSR count). The molecule has 0 saturated heterocycles. The average Bonchev–Trinajstić information content (AvgIpc) is 2.81. The Bertz CT molecular complexity index is 1050. The van der Waals surface area contributed by atoms with Crippen molar-refractivity contribution in [1.29, 1.82) is 0 Å². The van der Waals surface area contributed by atoms with Crippen molar-refractivity contribution in [3.63, 3.8) is 0 Å². The van der Waals surface area contributed by atoms with Crippen LogP contribution in [0.2, 0.25) is 0 Å². The number of aliphatic hydroxyl groups excluding tert-OH is 1. The molecule has 0 spiro atoms. The largest absolute Gasteiger partial charge is 0.489 e. The number of rotatable bonds is 11. The first kappa shape index (κ1) is 23.4. The zero-order valence-electron chi connectivity index (χ0n) is 17.8. The van der Waals surface area contributed by atoms with Gasteiger partial charge >= 0.3 is 5.97 Å². The highest BCUT2D eigenvalue weighted by molar-refractivity contribution is 5.71. The normalized spacial score (nSPS) is 11.8. The van der Waals surface area contributed by atoms with Gasteiger partial charge in [0.15, 0.2) is 0 Å². The SMILES string of the molecule is NC(CO)c1cccc(-c2cc(CCCF)cc(COc3ccccc3CC(=O)O)c2)c1. The summed E-state index contributed by atoms with van der Waals surface area (Å²) < 4.78 is 18.8. The fraction of sp³-hybridized carbons (Fsp3) is 0.269. The molecule has 1 atom stereocenters. The van der Waals surface area contributed by atoms with Crippen molar-refractivity contribution < 1.29 is 24.1 Å². The fourth-order valence-electron chi connectivity index (χ4n) is 3.60. The van der Waals surface area contributed by atoms with Crippen molar-refractivity contribution in [2.45, 2.75) is 31.9 Å². The van der Waals surface area contributed by atoms with Gasteiger partial charge in [-0.25, -0.2) is 0 Å². The van der Waals surface area contributed by atoms with Crippen LogP contribution in [-0.4, -0.2) is 29.5 Å². The Kier molecular flexibility index (Phi) is 8.36. The Morgan fingerprint density at radius 2 is 1.78 bits per heavy atom. The molecule has 0 aliphatic rings. The van der Waals surface area contributed by atoms with Gasteiger partial charge in [0.2, 0.25) is 0 Å². The Hall–Kier alpha value is -3.22. The van der Waals surface area contributed by atoms with E-state index in [0.717, 1.165) is 27.8 Å². The molecular weight excluding hydrogens is 409 g/mol. The number of carboxylic acid groups (broad SMARTS) is 1. The van der Waals surface area contributed by atoms with Crippen LogP contribution in [0.25, 0.3) is 11.1 Å². The number of nitrogens with two attached hydrogens (primary N) is 1. The summed E-state index contributed by atoms with van der Waals surface area (Å²) in [7, 11) is 0. The molecule has 0 amide bonds. The minimum atomic E-state index is -0.919. The first-order valence-corrected chi connectivity index (χ1v) is 10.6. The number of carboxylic acids is 1. The molecule has 6 heteroatoms. The number of benzene rings is 3. The Balaban J connectivity index is 1.89. The van der Waals surface area contributed by atoms with Crippen molar-refractivity contribution in [2.75, 3.05) is 13.3 Å². The van der Waals surface area contributed by atoms with E-state index in [1.54, 1.807) is 24.3 Å². The minimum Gasteiger partial charge on any atom is -0.489 e. The molecule has 3 aromatic rings. The van der Waals surface area contributed by atoms with Crippen LogP contribution in [0.4, 0.5) is 4.39 Å². The highest BCUT2D eigenvalue weighted by Crippen LogP contribution is 2.27. The number of halogens is 1. The number of hydrogen-bond donors (Lipinski definition) is 3. The molecule has 0 aromatic heterocycles. The predicted molar refractivity (Wildman–Crippen MR) is 122 cm³/mol. The monoisotopic (exact) mass is 437 g/mol. The smallest absolute Gasteiger partial charge is 0.307 e. The second-order valence-corrected chi connectivity index (χ2v) is 7.71. The predicted octanol–water partition coefficient (Wildman–Crippen LogP) is 4.45. The van der Waals surface area contributed by atoms with E-state index < -0.39 is 12.0 Å². The third-order valence-electron chi connectivity index (χ3n) is 5.21. The topological polar surface area (TPSA) is 92.8 Å². The van der Waals surface area contributed by atoms with E-state index in [-0.39, 0.29) is 26.3 Å². The Labute approximate surface area is 187 Å². The number of alkyl halides is 1. The molecule has 3 aromatic carbocycles. The molecule has 0 saturated carbocycles. The van der Waals surface area contributed by atoms with Gasteiger partial charge < -0.3 is 20.7 Å². The molecular formula is C26H28FNO4. The summed E-state index contributed by atoms with van der Waals surface area (Å²) in [5, 5.41) is 18.5. The van der Waals surface area contributed by atoms with Crippen LogP contribution in [0, 0.1) is 0 Å². The minimum absolute atomic E-state index is 0.115. The van der Waals surface area contributed by atoms with E-state index >= 15 is 0 Å². The summed E-state index contributed by atoms with van der Waals surface area (Å²) >= 11 is 0. The lowest BCUT2D eigenvalue weighted by Crippen LogP contribution is -2.14. The molecule has 1 unspecified atom stereocenters. The number of ether oxygens (including phenoxy) is 1. The Morgan fingerprint density at radius 1 is 1.00 bits per heavy atom. The summed E-state index contributed by atoms with van der Waals surface area (Å²) in [5.74, 6) is -0.390. The number of hydrogen-bond acceptors (Lipinski definition) is 4. The summed E-state index contributed by atoms with van der Waals surface area (Å²) in [6.45, 7) is -0.281. The molecule has 5 nitrogen and oxygen atoms in total. The number of aryl methyl sites for hydroxylation is 1. The number of carbonyl (C=O) groups is 1. The van der Waals surface area contributed by atoms with E-state index in [9.17, 15) is 14.3 Å². The number of para-hydroxylation sites is 1. The van der Waals surface area contributed by atoms with Crippen molar-refractivity contribution in [3.8, 4) is 16.9 Å². The maximum absolute atomic E-state index is 12.8. The highest BCUT2D eigenvalue weighted by atomic mass is 19.1. The van der Waals surface area contributed by atoms with Gasteiger partial charge in [0, 0.05) is 5.56 Å². The molecule has 0 bridgehead atoms.